The van der Waals surface area contributed by atoms with Crippen LogP contribution < -0.4 is 10.6 Å². The van der Waals surface area contributed by atoms with Crippen molar-refractivity contribution in [3.63, 3.8) is 0 Å². The Kier molecular flexibility index (Phi) is 3.50. The molecule has 0 aliphatic carbocycles. The lowest BCUT2D eigenvalue weighted by atomic mass is 10.3. The summed E-state index contributed by atoms with van der Waals surface area (Å²) in [6.45, 7) is 6.42. The van der Waals surface area contributed by atoms with Crippen LogP contribution in [0.2, 0.25) is 0 Å². The number of aromatic nitrogens is 2. The Morgan fingerprint density at radius 3 is 2.44 bits per heavy atom. The first-order chi connectivity index (χ1) is 8.60. The summed E-state index contributed by atoms with van der Waals surface area (Å²) in [4.78, 5) is 8.72. The van der Waals surface area contributed by atoms with Crippen LogP contribution in [0, 0.1) is 20.8 Å². The molecule has 0 amide bonds. The van der Waals surface area contributed by atoms with Gasteiger partial charge in [0.2, 0.25) is 0 Å². The molecule has 2 aromatic heterocycles. The Hall–Kier alpha value is -2.04. The number of anilines is 2. The van der Waals surface area contributed by atoms with E-state index in [1.807, 2.05) is 40.0 Å². The van der Waals surface area contributed by atoms with E-state index in [0.717, 1.165) is 34.5 Å². The SMILES string of the molecule is CNc1nc(C)nc(NCc2ccc(C)o2)c1C. The van der Waals surface area contributed by atoms with Crippen molar-refractivity contribution in [2.45, 2.75) is 27.3 Å². The molecule has 0 atom stereocenters. The fourth-order valence-electron chi connectivity index (χ4n) is 1.79. The minimum absolute atomic E-state index is 0.619. The number of nitrogens with zero attached hydrogens (tertiary/aromatic N) is 2. The van der Waals surface area contributed by atoms with Crippen molar-refractivity contribution in [1.29, 1.82) is 0 Å². The molecule has 0 unspecified atom stereocenters. The van der Waals surface area contributed by atoms with Gasteiger partial charge in [-0.15, -0.1) is 0 Å². The molecule has 5 nitrogen and oxygen atoms in total. The van der Waals surface area contributed by atoms with E-state index in [9.17, 15) is 0 Å². The van der Waals surface area contributed by atoms with Crippen LogP contribution in [0.3, 0.4) is 0 Å². The lowest BCUT2D eigenvalue weighted by Gasteiger charge is -2.11. The highest BCUT2D eigenvalue weighted by atomic mass is 16.3. The zero-order chi connectivity index (χ0) is 13.1. The van der Waals surface area contributed by atoms with E-state index in [0.29, 0.717) is 6.54 Å². The molecule has 18 heavy (non-hydrogen) atoms. The van der Waals surface area contributed by atoms with Crippen LogP contribution in [-0.4, -0.2) is 17.0 Å². The number of rotatable bonds is 4. The van der Waals surface area contributed by atoms with E-state index in [1.54, 1.807) is 0 Å². The number of furan rings is 1. The highest BCUT2D eigenvalue weighted by Crippen LogP contribution is 2.20. The molecule has 0 fully saturated rings. The van der Waals surface area contributed by atoms with E-state index < -0.39 is 0 Å². The predicted octanol–water partition coefficient (Wildman–Crippen LogP) is 2.65. The Morgan fingerprint density at radius 1 is 1.11 bits per heavy atom. The van der Waals surface area contributed by atoms with Crippen LogP contribution in [-0.2, 0) is 6.54 Å². The molecule has 2 N–H and O–H groups in total. The Morgan fingerprint density at radius 2 is 1.83 bits per heavy atom. The third-order valence-corrected chi connectivity index (χ3v) is 2.72. The molecule has 5 heteroatoms. The van der Waals surface area contributed by atoms with Gasteiger partial charge in [-0.25, -0.2) is 9.97 Å². The Labute approximate surface area is 107 Å². The molecule has 0 aromatic carbocycles. The van der Waals surface area contributed by atoms with Crippen molar-refractivity contribution in [3.8, 4) is 0 Å². The normalized spacial score (nSPS) is 10.4. The van der Waals surface area contributed by atoms with Gasteiger partial charge in [0.1, 0.15) is 29.0 Å². The lowest BCUT2D eigenvalue weighted by Crippen LogP contribution is -2.07. The average Bonchev–Trinajstić information content (AvgIpc) is 2.75. The maximum atomic E-state index is 5.51. The third kappa shape index (κ3) is 2.61. The third-order valence-electron chi connectivity index (χ3n) is 2.72. The fourth-order valence-corrected chi connectivity index (χ4v) is 1.79. The largest absolute Gasteiger partial charge is 0.465 e. The van der Waals surface area contributed by atoms with E-state index in [4.69, 9.17) is 4.42 Å². The van der Waals surface area contributed by atoms with Crippen molar-refractivity contribution in [3.05, 3.63) is 35.0 Å². The Bertz CT molecular complexity index is 548. The highest BCUT2D eigenvalue weighted by Gasteiger charge is 2.08. The minimum Gasteiger partial charge on any atom is -0.465 e. The van der Waals surface area contributed by atoms with Gasteiger partial charge in [0.25, 0.3) is 0 Å². The molecule has 0 aliphatic rings. The summed E-state index contributed by atoms with van der Waals surface area (Å²) in [5, 5.41) is 6.34. The lowest BCUT2D eigenvalue weighted by molar-refractivity contribution is 0.490. The summed E-state index contributed by atoms with van der Waals surface area (Å²) in [6, 6.07) is 3.92. The van der Waals surface area contributed by atoms with Crippen molar-refractivity contribution >= 4 is 11.6 Å². The van der Waals surface area contributed by atoms with E-state index >= 15 is 0 Å². The first-order valence-electron chi connectivity index (χ1n) is 5.92. The smallest absolute Gasteiger partial charge is 0.135 e. The summed E-state index contributed by atoms with van der Waals surface area (Å²) in [7, 11) is 1.86. The summed E-state index contributed by atoms with van der Waals surface area (Å²) < 4.78 is 5.51. The topological polar surface area (TPSA) is 63.0 Å². The summed E-state index contributed by atoms with van der Waals surface area (Å²) in [5.41, 5.74) is 1.01. The first kappa shape index (κ1) is 12.4. The molecule has 96 valence electrons. The van der Waals surface area contributed by atoms with Crippen LogP contribution in [0.1, 0.15) is 22.9 Å². The van der Waals surface area contributed by atoms with Gasteiger partial charge >= 0.3 is 0 Å². The maximum Gasteiger partial charge on any atom is 0.135 e. The summed E-state index contributed by atoms with van der Waals surface area (Å²) in [5.74, 6) is 4.23. The van der Waals surface area contributed by atoms with Crippen molar-refractivity contribution in [2.24, 2.45) is 0 Å². The van der Waals surface area contributed by atoms with Crippen LogP contribution in [0.5, 0.6) is 0 Å². The monoisotopic (exact) mass is 246 g/mol. The van der Waals surface area contributed by atoms with Gasteiger partial charge in [-0.3, -0.25) is 0 Å². The van der Waals surface area contributed by atoms with E-state index in [-0.39, 0.29) is 0 Å². The van der Waals surface area contributed by atoms with E-state index in [1.165, 1.54) is 0 Å². The van der Waals surface area contributed by atoms with Crippen LogP contribution in [0.25, 0.3) is 0 Å². The average molecular weight is 246 g/mol. The van der Waals surface area contributed by atoms with Crippen molar-refractivity contribution in [2.75, 3.05) is 17.7 Å². The summed E-state index contributed by atoms with van der Waals surface area (Å²) in [6.07, 6.45) is 0. The van der Waals surface area contributed by atoms with Gasteiger partial charge in [-0.1, -0.05) is 0 Å². The standard InChI is InChI=1S/C13H18N4O/c1-8-5-6-11(18-8)7-15-13-9(2)12(14-4)16-10(3)17-13/h5-6H,7H2,1-4H3,(H2,14,15,16,17). The molecular weight excluding hydrogens is 228 g/mol. The molecule has 2 aromatic rings. The number of hydrogen-bond acceptors (Lipinski definition) is 5. The highest BCUT2D eigenvalue weighted by molar-refractivity contribution is 5.56. The minimum atomic E-state index is 0.619. The number of hydrogen-bond donors (Lipinski definition) is 2. The van der Waals surface area contributed by atoms with Gasteiger partial charge < -0.3 is 15.1 Å². The zero-order valence-electron chi connectivity index (χ0n) is 11.2. The van der Waals surface area contributed by atoms with Gasteiger partial charge in [0.15, 0.2) is 0 Å². The predicted molar refractivity (Wildman–Crippen MR) is 71.8 cm³/mol. The fraction of sp³-hybridized carbons (Fsp3) is 0.385. The molecular formula is C13H18N4O. The van der Waals surface area contributed by atoms with Crippen LogP contribution >= 0.6 is 0 Å². The molecule has 2 heterocycles. The quantitative estimate of drug-likeness (QED) is 0.868. The second-order valence-electron chi connectivity index (χ2n) is 4.21. The van der Waals surface area contributed by atoms with Gasteiger partial charge in [0, 0.05) is 12.6 Å². The van der Waals surface area contributed by atoms with Gasteiger partial charge in [-0.2, -0.15) is 0 Å². The van der Waals surface area contributed by atoms with Crippen molar-refractivity contribution in [1.82, 2.24) is 9.97 Å². The molecule has 0 aliphatic heterocycles. The molecule has 2 rings (SSSR count). The second kappa shape index (κ2) is 5.08. The second-order valence-corrected chi connectivity index (χ2v) is 4.21. The van der Waals surface area contributed by atoms with Crippen LogP contribution in [0.4, 0.5) is 11.6 Å². The van der Waals surface area contributed by atoms with Crippen LogP contribution in [0.15, 0.2) is 16.5 Å². The van der Waals surface area contributed by atoms with Gasteiger partial charge in [-0.05, 0) is 32.9 Å². The summed E-state index contributed by atoms with van der Waals surface area (Å²) >= 11 is 0. The number of aryl methyl sites for hydroxylation is 2. The van der Waals surface area contributed by atoms with Crippen molar-refractivity contribution < 1.29 is 4.42 Å². The molecule has 0 bridgehead atoms. The zero-order valence-corrected chi connectivity index (χ0v) is 11.2. The molecule has 0 saturated carbocycles. The maximum absolute atomic E-state index is 5.51. The molecule has 0 spiro atoms. The molecule has 0 saturated heterocycles. The molecule has 0 radical (unpaired) electrons. The first-order valence-corrected chi connectivity index (χ1v) is 5.92. The Balaban J connectivity index is 2.16. The number of nitrogens with one attached hydrogen (secondary N) is 2. The van der Waals surface area contributed by atoms with Gasteiger partial charge in [0.05, 0.1) is 6.54 Å². The van der Waals surface area contributed by atoms with E-state index in [2.05, 4.69) is 20.6 Å².